The van der Waals surface area contributed by atoms with Crippen molar-refractivity contribution < 1.29 is 0 Å². The zero-order valence-corrected chi connectivity index (χ0v) is 8.01. The number of hydrogen-bond acceptors (Lipinski definition) is 2. The molecule has 1 heterocycles. The van der Waals surface area contributed by atoms with Crippen molar-refractivity contribution in [3.05, 3.63) is 53.3 Å². The molecule has 1 aromatic heterocycles. The summed E-state index contributed by atoms with van der Waals surface area (Å²) in [5.41, 5.74) is 2.77. The van der Waals surface area contributed by atoms with Crippen LogP contribution in [0, 0.1) is 11.3 Å². The molecule has 0 unspecified atom stereocenters. The van der Waals surface area contributed by atoms with Gasteiger partial charge < -0.3 is 0 Å². The Balaban J connectivity index is 2.15. The molecule has 0 aliphatic heterocycles. The van der Waals surface area contributed by atoms with Crippen molar-refractivity contribution in [2.45, 2.75) is 0 Å². The first-order valence-corrected chi connectivity index (χ1v) is 4.55. The molecule has 0 spiro atoms. The van der Waals surface area contributed by atoms with Gasteiger partial charge in [-0.15, -0.1) is 0 Å². The fourth-order valence-electron chi connectivity index (χ4n) is 1.21. The third-order valence-electron chi connectivity index (χ3n) is 2.03. The average molecular weight is 195 g/mol. The van der Waals surface area contributed by atoms with Gasteiger partial charge in [-0.1, -0.05) is 24.3 Å². The first-order chi connectivity index (χ1) is 7.38. The highest BCUT2D eigenvalue weighted by atomic mass is 15.1. The Bertz CT molecular complexity index is 487. The summed E-state index contributed by atoms with van der Waals surface area (Å²) >= 11 is 0. The number of rotatable bonds is 2. The van der Waals surface area contributed by atoms with E-state index in [1.807, 2.05) is 30.5 Å². The Morgan fingerprint density at radius 2 is 1.87 bits per heavy atom. The van der Waals surface area contributed by atoms with Crippen molar-refractivity contribution in [1.82, 2.24) is 10.2 Å². The molecule has 0 atom stereocenters. The number of nitriles is 1. The maximum absolute atomic E-state index is 8.63. The third-order valence-corrected chi connectivity index (χ3v) is 2.03. The topological polar surface area (TPSA) is 52.5 Å². The summed E-state index contributed by atoms with van der Waals surface area (Å²) in [5.74, 6) is 0. The molecule has 3 nitrogen and oxygen atoms in total. The predicted octanol–water partition coefficient (Wildman–Crippen LogP) is 2.45. The van der Waals surface area contributed by atoms with Crippen molar-refractivity contribution >= 4 is 12.2 Å². The molecule has 15 heavy (non-hydrogen) atoms. The van der Waals surface area contributed by atoms with E-state index in [4.69, 9.17) is 5.26 Å². The minimum Gasteiger partial charge on any atom is -0.285 e. The SMILES string of the molecule is N#Cc1ccc(C=Cc2cn[nH]c2)cc1. The van der Waals surface area contributed by atoms with Crippen LogP contribution in [0.4, 0.5) is 0 Å². The second-order valence-corrected chi connectivity index (χ2v) is 3.10. The molecule has 1 aromatic carbocycles. The van der Waals surface area contributed by atoms with Gasteiger partial charge in [0.15, 0.2) is 0 Å². The van der Waals surface area contributed by atoms with Crippen LogP contribution in [0.5, 0.6) is 0 Å². The van der Waals surface area contributed by atoms with E-state index in [2.05, 4.69) is 16.3 Å². The maximum atomic E-state index is 8.63. The van der Waals surface area contributed by atoms with E-state index in [-0.39, 0.29) is 0 Å². The van der Waals surface area contributed by atoms with Crippen LogP contribution in [0.15, 0.2) is 36.7 Å². The Morgan fingerprint density at radius 1 is 1.13 bits per heavy atom. The van der Waals surface area contributed by atoms with E-state index in [1.165, 1.54) is 0 Å². The van der Waals surface area contributed by atoms with Crippen molar-refractivity contribution in [2.24, 2.45) is 0 Å². The second-order valence-electron chi connectivity index (χ2n) is 3.10. The summed E-state index contributed by atoms with van der Waals surface area (Å²) in [6, 6.07) is 9.51. The van der Waals surface area contributed by atoms with Gasteiger partial charge in [-0.3, -0.25) is 5.10 Å². The van der Waals surface area contributed by atoms with Crippen LogP contribution in [0.3, 0.4) is 0 Å². The lowest BCUT2D eigenvalue weighted by Gasteiger charge is -1.92. The second kappa shape index (κ2) is 4.25. The van der Waals surface area contributed by atoms with E-state index < -0.39 is 0 Å². The normalized spacial score (nSPS) is 10.3. The molecule has 0 amide bonds. The molecule has 2 rings (SSSR count). The van der Waals surface area contributed by atoms with Gasteiger partial charge >= 0.3 is 0 Å². The van der Waals surface area contributed by atoms with Gasteiger partial charge in [0.1, 0.15) is 0 Å². The zero-order chi connectivity index (χ0) is 10.5. The highest BCUT2D eigenvalue weighted by Crippen LogP contribution is 2.08. The summed E-state index contributed by atoms with van der Waals surface area (Å²) in [6.45, 7) is 0. The average Bonchev–Trinajstić information content (AvgIpc) is 2.80. The molecule has 0 fully saturated rings. The summed E-state index contributed by atoms with van der Waals surface area (Å²) in [6.07, 6.45) is 7.51. The van der Waals surface area contributed by atoms with Gasteiger partial charge in [0.2, 0.25) is 0 Å². The Kier molecular flexibility index (Phi) is 2.61. The van der Waals surface area contributed by atoms with Gasteiger partial charge in [0.05, 0.1) is 17.8 Å². The van der Waals surface area contributed by atoms with Crippen molar-refractivity contribution in [3.63, 3.8) is 0 Å². The van der Waals surface area contributed by atoms with Gasteiger partial charge in [-0.2, -0.15) is 10.4 Å². The number of H-pyrrole nitrogens is 1. The van der Waals surface area contributed by atoms with Crippen LogP contribution in [0.2, 0.25) is 0 Å². The number of benzene rings is 1. The van der Waals surface area contributed by atoms with E-state index in [9.17, 15) is 0 Å². The highest BCUT2D eigenvalue weighted by Gasteiger charge is 1.90. The molecule has 3 heteroatoms. The first-order valence-electron chi connectivity index (χ1n) is 4.55. The Labute approximate surface area is 87.7 Å². The highest BCUT2D eigenvalue weighted by molar-refractivity contribution is 5.69. The van der Waals surface area contributed by atoms with Crippen LogP contribution in [-0.2, 0) is 0 Å². The molecule has 0 saturated heterocycles. The van der Waals surface area contributed by atoms with Crippen LogP contribution in [-0.4, -0.2) is 10.2 Å². The van der Waals surface area contributed by atoms with E-state index in [0.717, 1.165) is 11.1 Å². The molecular formula is C12H9N3. The summed E-state index contributed by atoms with van der Waals surface area (Å²) in [5, 5.41) is 15.2. The van der Waals surface area contributed by atoms with E-state index in [1.54, 1.807) is 18.3 Å². The predicted molar refractivity (Wildman–Crippen MR) is 58.7 cm³/mol. The molecule has 1 N–H and O–H groups in total. The lowest BCUT2D eigenvalue weighted by molar-refractivity contribution is 1.09. The number of aromatic nitrogens is 2. The summed E-state index contributed by atoms with van der Waals surface area (Å²) < 4.78 is 0. The summed E-state index contributed by atoms with van der Waals surface area (Å²) in [4.78, 5) is 0. The molecule has 72 valence electrons. The molecule has 2 aromatic rings. The molecule has 0 aliphatic rings. The Hall–Kier alpha value is -2.34. The fourth-order valence-corrected chi connectivity index (χ4v) is 1.21. The lowest BCUT2D eigenvalue weighted by atomic mass is 10.1. The minimum absolute atomic E-state index is 0.676. The van der Waals surface area contributed by atoms with Gasteiger partial charge in [-0.25, -0.2) is 0 Å². The molecular weight excluding hydrogens is 186 g/mol. The van der Waals surface area contributed by atoms with E-state index >= 15 is 0 Å². The molecule has 0 saturated carbocycles. The fraction of sp³-hybridized carbons (Fsp3) is 0. The maximum Gasteiger partial charge on any atom is 0.0991 e. The van der Waals surface area contributed by atoms with Crippen molar-refractivity contribution in [3.8, 4) is 6.07 Å². The zero-order valence-electron chi connectivity index (χ0n) is 8.01. The third kappa shape index (κ3) is 2.32. The van der Waals surface area contributed by atoms with Gasteiger partial charge in [0.25, 0.3) is 0 Å². The van der Waals surface area contributed by atoms with Crippen LogP contribution < -0.4 is 0 Å². The van der Waals surface area contributed by atoms with E-state index in [0.29, 0.717) is 5.56 Å². The van der Waals surface area contributed by atoms with Gasteiger partial charge in [0, 0.05) is 11.8 Å². The number of nitrogens with zero attached hydrogens (tertiary/aromatic N) is 2. The number of hydrogen-bond donors (Lipinski definition) is 1. The van der Waals surface area contributed by atoms with Crippen LogP contribution >= 0.6 is 0 Å². The quantitative estimate of drug-likeness (QED) is 0.800. The summed E-state index contributed by atoms with van der Waals surface area (Å²) in [7, 11) is 0. The molecule has 0 bridgehead atoms. The Morgan fingerprint density at radius 3 is 2.47 bits per heavy atom. The monoisotopic (exact) mass is 195 g/mol. The number of nitrogens with one attached hydrogen (secondary N) is 1. The van der Waals surface area contributed by atoms with Crippen LogP contribution in [0.25, 0.3) is 12.2 Å². The van der Waals surface area contributed by atoms with Crippen molar-refractivity contribution in [2.75, 3.05) is 0 Å². The van der Waals surface area contributed by atoms with Gasteiger partial charge in [-0.05, 0) is 17.7 Å². The largest absolute Gasteiger partial charge is 0.285 e. The van der Waals surface area contributed by atoms with Crippen molar-refractivity contribution in [1.29, 1.82) is 5.26 Å². The first kappa shape index (κ1) is 9.22. The molecule has 0 radical (unpaired) electrons. The van der Waals surface area contributed by atoms with Crippen LogP contribution in [0.1, 0.15) is 16.7 Å². The molecule has 0 aliphatic carbocycles. The lowest BCUT2D eigenvalue weighted by Crippen LogP contribution is -1.74. The minimum atomic E-state index is 0.676. The smallest absolute Gasteiger partial charge is 0.0991 e. The standard InChI is InChI=1S/C12H9N3/c13-7-11-4-1-10(2-5-11)3-6-12-8-14-15-9-12/h1-6,8-9H,(H,14,15). The number of aromatic amines is 1.